The SMILES string of the molecule is N=S1(=O)CCCC2(CCCN2C(=O)CCOc2ccccc2)C1. The maximum absolute atomic E-state index is 12.6. The molecule has 2 fully saturated rings. The fourth-order valence-electron chi connectivity index (χ4n) is 3.86. The molecule has 2 saturated heterocycles. The molecule has 0 radical (unpaired) electrons. The van der Waals surface area contributed by atoms with Crippen LogP contribution in [0.3, 0.4) is 0 Å². The number of hydrogen-bond acceptors (Lipinski definition) is 4. The molecule has 126 valence electrons. The molecule has 23 heavy (non-hydrogen) atoms. The highest BCUT2D eigenvalue weighted by Crippen LogP contribution is 2.38. The number of amides is 1. The minimum absolute atomic E-state index is 0.0653. The van der Waals surface area contributed by atoms with E-state index in [-0.39, 0.29) is 11.4 Å². The van der Waals surface area contributed by atoms with Crippen molar-refractivity contribution < 1.29 is 13.7 Å². The topological polar surface area (TPSA) is 70.5 Å². The molecule has 3 rings (SSSR count). The van der Waals surface area contributed by atoms with Crippen LogP contribution in [-0.4, -0.2) is 45.2 Å². The number of likely N-dealkylation sites (tertiary alicyclic amines) is 1. The molecule has 2 unspecified atom stereocenters. The average molecular weight is 336 g/mol. The maximum atomic E-state index is 12.6. The van der Waals surface area contributed by atoms with E-state index in [1.54, 1.807) is 0 Å². The van der Waals surface area contributed by atoms with Crippen LogP contribution in [0.5, 0.6) is 5.75 Å². The van der Waals surface area contributed by atoms with Crippen molar-refractivity contribution in [1.29, 1.82) is 4.78 Å². The fraction of sp³-hybridized carbons (Fsp3) is 0.588. The number of nitrogens with zero attached hydrogens (tertiary/aromatic N) is 1. The van der Waals surface area contributed by atoms with Gasteiger partial charge >= 0.3 is 0 Å². The van der Waals surface area contributed by atoms with E-state index in [1.165, 1.54) is 0 Å². The van der Waals surface area contributed by atoms with Crippen LogP contribution in [0, 0.1) is 4.78 Å². The van der Waals surface area contributed by atoms with Crippen molar-refractivity contribution >= 4 is 15.6 Å². The first-order chi connectivity index (χ1) is 11.0. The summed E-state index contributed by atoms with van der Waals surface area (Å²) in [6, 6.07) is 9.48. The Kier molecular flexibility index (Phi) is 4.62. The molecular weight excluding hydrogens is 312 g/mol. The predicted octanol–water partition coefficient (Wildman–Crippen LogP) is 2.66. The highest BCUT2D eigenvalue weighted by molar-refractivity contribution is 7.92. The molecule has 1 amide bonds. The maximum Gasteiger partial charge on any atom is 0.226 e. The van der Waals surface area contributed by atoms with Crippen LogP contribution < -0.4 is 4.74 Å². The molecule has 5 nitrogen and oxygen atoms in total. The van der Waals surface area contributed by atoms with Gasteiger partial charge in [-0.1, -0.05) is 18.2 Å². The molecule has 1 aromatic rings. The smallest absolute Gasteiger partial charge is 0.226 e. The van der Waals surface area contributed by atoms with E-state index in [0.717, 1.165) is 38.0 Å². The van der Waals surface area contributed by atoms with Crippen molar-refractivity contribution in [1.82, 2.24) is 4.90 Å². The van der Waals surface area contributed by atoms with Gasteiger partial charge in [-0.3, -0.25) is 9.57 Å². The van der Waals surface area contributed by atoms with Gasteiger partial charge in [-0.2, -0.15) is 0 Å². The van der Waals surface area contributed by atoms with Crippen LogP contribution in [0.1, 0.15) is 32.1 Å². The second-order valence-corrected chi connectivity index (χ2v) is 8.87. The minimum atomic E-state index is -2.53. The summed E-state index contributed by atoms with van der Waals surface area (Å²) in [5, 5.41) is 0. The first kappa shape index (κ1) is 16.3. The molecule has 2 aliphatic rings. The second-order valence-electron chi connectivity index (χ2n) is 6.55. The standard InChI is InChI=1S/C17H24N2O3S/c18-23(21)13-5-10-17(14-23)9-4-11-19(17)16(20)8-12-22-15-6-2-1-3-7-15/h1-3,6-7,18H,4-5,8-14H2. The van der Waals surface area contributed by atoms with Gasteiger partial charge in [0.15, 0.2) is 0 Å². The number of carbonyl (C=O) groups excluding carboxylic acids is 1. The summed E-state index contributed by atoms with van der Waals surface area (Å²) in [5.74, 6) is 1.66. The second kappa shape index (κ2) is 6.51. The molecule has 1 aromatic carbocycles. The Hall–Kier alpha value is -1.56. The normalized spacial score (nSPS) is 30.5. The Morgan fingerprint density at radius 3 is 2.74 bits per heavy atom. The van der Waals surface area contributed by atoms with Crippen molar-refractivity contribution in [3.8, 4) is 5.75 Å². The minimum Gasteiger partial charge on any atom is -0.493 e. The summed E-state index contributed by atoms with van der Waals surface area (Å²) in [6.07, 6.45) is 3.82. The van der Waals surface area contributed by atoms with Gasteiger partial charge in [0.2, 0.25) is 5.91 Å². The van der Waals surface area contributed by atoms with E-state index in [9.17, 15) is 9.00 Å². The zero-order valence-corrected chi connectivity index (χ0v) is 14.1. The molecule has 2 heterocycles. The summed E-state index contributed by atoms with van der Waals surface area (Å²) in [4.78, 5) is 14.5. The zero-order chi connectivity index (χ0) is 16.3. The van der Waals surface area contributed by atoms with Crippen LogP contribution in [0.25, 0.3) is 0 Å². The number of rotatable bonds is 4. The Labute approximate surface area is 138 Å². The molecule has 0 bridgehead atoms. The first-order valence-electron chi connectivity index (χ1n) is 8.23. The molecule has 0 aromatic heterocycles. The van der Waals surface area contributed by atoms with E-state index in [1.807, 2.05) is 35.2 Å². The van der Waals surface area contributed by atoms with E-state index in [4.69, 9.17) is 9.52 Å². The van der Waals surface area contributed by atoms with Gasteiger partial charge in [0.05, 0.1) is 24.3 Å². The Balaban J connectivity index is 1.60. The fourth-order valence-corrected chi connectivity index (χ4v) is 5.93. The lowest BCUT2D eigenvalue weighted by molar-refractivity contribution is -0.135. The zero-order valence-electron chi connectivity index (χ0n) is 13.3. The van der Waals surface area contributed by atoms with Crippen LogP contribution in [-0.2, 0) is 14.5 Å². The molecule has 1 spiro atoms. The summed E-state index contributed by atoms with van der Waals surface area (Å²) >= 11 is 0. The number of hydrogen-bond donors (Lipinski definition) is 1. The van der Waals surface area contributed by atoms with Crippen molar-refractivity contribution in [2.45, 2.75) is 37.6 Å². The van der Waals surface area contributed by atoms with E-state index in [0.29, 0.717) is 24.5 Å². The molecule has 6 heteroatoms. The molecule has 2 aliphatic heterocycles. The molecule has 2 atom stereocenters. The quantitative estimate of drug-likeness (QED) is 0.919. The molecule has 0 saturated carbocycles. The molecule has 1 N–H and O–H groups in total. The third-order valence-corrected chi connectivity index (χ3v) is 6.80. The number of carbonyl (C=O) groups is 1. The van der Waals surface area contributed by atoms with Crippen molar-refractivity contribution in [2.75, 3.05) is 24.7 Å². The number of benzene rings is 1. The number of ether oxygens (including phenoxy) is 1. The van der Waals surface area contributed by atoms with Crippen molar-refractivity contribution in [2.24, 2.45) is 0 Å². The third kappa shape index (κ3) is 3.68. The van der Waals surface area contributed by atoms with Crippen molar-refractivity contribution in [3.05, 3.63) is 30.3 Å². The summed E-state index contributed by atoms with van der Waals surface area (Å²) in [7, 11) is -2.53. The Morgan fingerprint density at radius 1 is 1.26 bits per heavy atom. The van der Waals surface area contributed by atoms with Gasteiger partial charge in [0, 0.05) is 22.0 Å². The predicted molar refractivity (Wildman–Crippen MR) is 90.1 cm³/mol. The number of para-hydroxylation sites is 1. The first-order valence-corrected chi connectivity index (χ1v) is 10.1. The lowest BCUT2D eigenvalue weighted by Crippen LogP contribution is -2.54. The van der Waals surface area contributed by atoms with Gasteiger partial charge in [-0.05, 0) is 37.8 Å². The van der Waals surface area contributed by atoms with E-state index >= 15 is 0 Å². The van der Waals surface area contributed by atoms with Crippen molar-refractivity contribution in [3.63, 3.8) is 0 Å². The average Bonchev–Trinajstić information content (AvgIpc) is 2.89. The van der Waals surface area contributed by atoms with E-state index < -0.39 is 9.73 Å². The molecule has 0 aliphatic carbocycles. The van der Waals surface area contributed by atoms with Gasteiger partial charge in [-0.25, -0.2) is 4.21 Å². The highest BCUT2D eigenvalue weighted by atomic mass is 32.2. The molecular formula is C17H24N2O3S. The Bertz CT molecular complexity index is 660. The number of nitrogens with one attached hydrogen (secondary N) is 1. The van der Waals surface area contributed by atoms with Crippen LogP contribution in [0.15, 0.2) is 30.3 Å². The summed E-state index contributed by atoms with van der Waals surface area (Å²) in [6.45, 7) is 1.07. The lowest BCUT2D eigenvalue weighted by atomic mass is 9.92. The van der Waals surface area contributed by atoms with E-state index in [2.05, 4.69) is 0 Å². The van der Waals surface area contributed by atoms with Crippen LogP contribution in [0.2, 0.25) is 0 Å². The van der Waals surface area contributed by atoms with Gasteiger partial charge in [0.1, 0.15) is 5.75 Å². The monoisotopic (exact) mass is 336 g/mol. The van der Waals surface area contributed by atoms with Gasteiger partial charge < -0.3 is 9.64 Å². The lowest BCUT2D eigenvalue weighted by Gasteiger charge is -2.42. The van der Waals surface area contributed by atoms with Crippen LogP contribution >= 0.6 is 0 Å². The van der Waals surface area contributed by atoms with Gasteiger partial charge in [-0.15, -0.1) is 0 Å². The largest absolute Gasteiger partial charge is 0.493 e. The van der Waals surface area contributed by atoms with Crippen LogP contribution in [0.4, 0.5) is 0 Å². The van der Waals surface area contributed by atoms with Gasteiger partial charge in [0.25, 0.3) is 0 Å². The third-order valence-electron chi connectivity index (χ3n) is 4.84. The summed E-state index contributed by atoms with van der Waals surface area (Å²) in [5.41, 5.74) is -0.332. The summed E-state index contributed by atoms with van der Waals surface area (Å²) < 4.78 is 25.8. The Morgan fingerprint density at radius 2 is 2.00 bits per heavy atom. The highest BCUT2D eigenvalue weighted by Gasteiger charge is 2.46.